The molecule has 1 aromatic heterocycles. The lowest BCUT2D eigenvalue weighted by Gasteiger charge is -2.32. The zero-order valence-electron chi connectivity index (χ0n) is 14.0. The first kappa shape index (κ1) is 16.2. The van der Waals surface area contributed by atoms with Gasteiger partial charge in [0.05, 0.1) is 5.69 Å². The Balaban J connectivity index is 1.64. The number of aromatic nitrogens is 2. The van der Waals surface area contributed by atoms with Crippen LogP contribution in [0.2, 0.25) is 0 Å². The normalized spacial score (nSPS) is 18.1. The second-order valence-electron chi connectivity index (χ2n) is 6.22. The predicted octanol–water partition coefficient (Wildman–Crippen LogP) is 2.20. The van der Waals surface area contributed by atoms with E-state index >= 15 is 0 Å². The number of likely N-dealkylation sites (N-methyl/N-ethyl adjacent to an activating group) is 1. The number of methoxy groups -OCH3 is 1. The molecule has 0 saturated heterocycles. The van der Waals surface area contributed by atoms with Crippen molar-refractivity contribution in [1.29, 1.82) is 0 Å². The zero-order chi connectivity index (χ0) is 16.1. The molecule has 1 aliphatic rings. The van der Waals surface area contributed by atoms with Gasteiger partial charge in [0.25, 0.3) is 0 Å². The maximum Gasteiger partial charge on any atom is 0.0522 e. The number of hydrogen-bond donors (Lipinski definition) is 1. The SMILES string of the molecule is COCCCn1nccc1CNC1CN(C)Cc2ccccc21. The van der Waals surface area contributed by atoms with Gasteiger partial charge in [0, 0.05) is 52.1 Å². The molecule has 0 saturated carbocycles. The molecule has 5 nitrogen and oxygen atoms in total. The summed E-state index contributed by atoms with van der Waals surface area (Å²) in [5.41, 5.74) is 4.08. The van der Waals surface area contributed by atoms with Gasteiger partial charge in [0.15, 0.2) is 0 Å². The van der Waals surface area contributed by atoms with Gasteiger partial charge >= 0.3 is 0 Å². The van der Waals surface area contributed by atoms with E-state index < -0.39 is 0 Å². The van der Waals surface area contributed by atoms with Crippen LogP contribution < -0.4 is 5.32 Å². The van der Waals surface area contributed by atoms with Crippen LogP contribution in [-0.2, 0) is 24.4 Å². The lowest BCUT2D eigenvalue weighted by atomic mass is 9.95. The summed E-state index contributed by atoms with van der Waals surface area (Å²) >= 11 is 0. The third-order valence-electron chi connectivity index (χ3n) is 4.42. The van der Waals surface area contributed by atoms with Crippen LogP contribution in [0.25, 0.3) is 0 Å². The Morgan fingerprint density at radius 1 is 1.30 bits per heavy atom. The number of aryl methyl sites for hydroxylation is 1. The topological polar surface area (TPSA) is 42.3 Å². The fraction of sp³-hybridized carbons (Fsp3) is 0.500. The summed E-state index contributed by atoms with van der Waals surface area (Å²) in [5, 5.41) is 8.13. The number of ether oxygens (including phenoxy) is 1. The highest BCUT2D eigenvalue weighted by atomic mass is 16.5. The van der Waals surface area contributed by atoms with E-state index in [1.54, 1.807) is 7.11 Å². The number of nitrogens with one attached hydrogen (secondary N) is 1. The highest BCUT2D eigenvalue weighted by Crippen LogP contribution is 2.25. The monoisotopic (exact) mass is 314 g/mol. The van der Waals surface area contributed by atoms with Crippen LogP contribution in [-0.4, -0.2) is 42.0 Å². The van der Waals surface area contributed by atoms with E-state index in [2.05, 4.69) is 57.4 Å². The minimum atomic E-state index is 0.368. The van der Waals surface area contributed by atoms with Crippen LogP contribution in [0.1, 0.15) is 29.3 Å². The van der Waals surface area contributed by atoms with Gasteiger partial charge in [-0.2, -0.15) is 5.10 Å². The Kier molecular flexibility index (Phi) is 5.43. The number of hydrogen-bond acceptors (Lipinski definition) is 4. The van der Waals surface area contributed by atoms with Crippen LogP contribution in [0.4, 0.5) is 0 Å². The first-order chi connectivity index (χ1) is 11.3. The fourth-order valence-corrected chi connectivity index (χ4v) is 3.26. The van der Waals surface area contributed by atoms with Crippen LogP contribution in [0, 0.1) is 0 Å². The van der Waals surface area contributed by atoms with Gasteiger partial charge in [0.2, 0.25) is 0 Å². The summed E-state index contributed by atoms with van der Waals surface area (Å²) in [7, 11) is 3.92. The maximum absolute atomic E-state index is 5.12. The summed E-state index contributed by atoms with van der Waals surface area (Å²) in [6, 6.07) is 11.2. The van der Waals surface area contributed by atoms with Crippen molar-refractivity contribution >= 4 is 0 Å². The Labute approximate surface area is 138 Å². The van der Waals surface area contributed by atoms with Crippen LogP contribution >= 0.6 is 0 Å². The molecule has 0 amide bonds. The standard InChI is InChI=1S/C18H26N4O/c1-21-13-15-6-3-4-7-17(15)18(14-21)19-12-16-8-9-20-22(16)10-5-11-23-2/h3-4,6-9,18-19H,5,10-14H2,1-2H3. The van der Waals surface area contributed by atoms with E-state index in [1.165, 1.54) is 16.8 Å². The van der Waals surface area contributed by atoms with Gasteiger partial charge in [-0.1, -0.05) is 24.3 Å². The van der Waals surface area contributed by atoms with E-state index in [4.69, 9.17) is 4.74 Å². The average Bonchev–Trinajstić information content (AvgIpc) is 3.00. The van der Waals surface area contributed by atoms with Gasteiger partial charge in [-0.15, -0.1) is 0 Å². The first-order valence-electron chi connectivity index (χ1n) is 8.27. The summed E-state index contributed by atoms with van der Waals surface area (Å²) in [5.74, 6) is 0. The fourth-order valence-electron chi connectivity index (χ4n) is 3.26. The van der Waals surface area contributed by atoms with Crippen molar-refractivity contribution in [2.24, 2.45) is 0 Å². The average molecular weight is 314 g/mol. The largest absolute Gasteiger partial charge is 0.385 e. The number of rotatable bonds is 7. The van der Waals surface area contributed by atoms with Crippen molar-refractivity contribution in [2.75, 3.05) is 27.3 Å². The van der Waals surface area contributed by atoms with E-state index in [0.29, 0.717) is 6.04 Å². The van der Waals surface area contributed by atoms with Gasteiger partial charge < -0.3 is 15.0 Å². The highest BCUT2D eigenvalue weighted by Gasteiger charge is 2.22. The molecule has 2 aromatic rings. The molecule has 3 rings (SSSR count). The predicted molar refractivity (Wildman–Crippen MR) is 91.1 cm³/mol. The summed E-state index contributed by atoms with van der Waals surface area (Å²) < 4.78 is 7.20. The Morgan fingerprint density at radius 2 is 2.17 bits per heavy atom. The van der Waals surface area contributed by atoms with Crippen LogP contribution in [0.3, 0.4) is 0 Å². The molecule has 0 aliphatic carbocycles. The van der Waals surface area contributed by atoms with Crippen molar-refractivity contribution in [2.45, 2.75) is 32.1 Å². The van der Waals surface area contributed by atoms with E-state index in [-0.39, 0.29) is 0 Å². The lowest BCUT2D eigenvalue weighted by molar-refractivity contribution is 0.188. The van der Waals surface area contributed by atoms with E-state index in [9.17, 15) is 0 Å². The minimum absolute atomic E-state index is 0.368. The molecule has 1 aromatic carbocycles. The van der Waals surface area contributed by atoms with Gasteiger partial charge in [0.1, 0.15) is 0 Å². The van der Waals surface area contributed by atoms with Crippen LogP contribution in [0.15, 0.2) is 36.5 Å². The summed E-state index contributed by atoms with van der Waals surface area (Å²) in [4.78, 5) is 2.37. The smallest absolute Gasteiger partial charge is 0.0522 e. The van der Waals surface area contributed by atoms with Crippen molar-refractivity contribution in [3.05, 3.63) is 53.3 Å². The third-order valence-corrected chi connectivity index (χ3v) is 4.42. The maximum atomic E-state index is 5.12. The number of benzene rings is 1. The van der Waals surface area contributed by atoms with Gasteiger partial charge in [-0.3, -0.25) is 4.68 Å². The van der Waals surface area contributed by atoms with Crippen molar-refractivity contribution in [3.63, 3.8) is 0 Å². The molecule has 23 heavy (non-hydrogen) atoms. The first-order valence-corrected chi connectivity index (χ1v) is 8.27. The van der Waals surface area contributed by atoms with E-state index in [0.717, 1.165) is 39.2 Å². The van der Waals surface area contributed by atoms with Crippen molar-refractivity contribution in [1.82, 2.24) is 20.0 Å². The second-order valence-corrected chi connectivity index (χ2v) is 6.22. The van der Waals surface area contributed by atoms with Crippen molar-refractivity contribution < 1.29 is 4.74 Å². The summed E-state index contributed by atoms with van der Waals surface area (Å²) in [6.45, 7) is 4.57. The van der Waals surface area contributed by atoms with Crippen LogP contribution in [0.5, 0.6) is 0 Å². The van der Waals surface area contributed by atoms with E-state index in [1.807, 2.05) is 6.20 Å². The molecule has 1 N–H and O–H groups in total. The Hall–Kier alpha value is -1.69. The van der Waals surface area contributed by atoms with Gasteiger partial charge in [-0.25, -0.2) is 0 Å². The molecule has 124 valence electrons. The molecule has 0 bridgehead atoms. The second kappa shape index (κ2) is 7.73. The molecule has 2 heterocycles. The molecule has 0 fully saturated rings. The Bertz CT molecular complexity index is 625. The number of fused-ring (bicyclic) bond motifs is 1. The highest BCUT2D eigenvalue weighted by molar-refractivity contribution is 5.32. The molecular formula is C18H26N4O. The van der Waals surface area contributed by atoms with Gasteiger partial charge in [-0.05, 0) is 30.7 Å². The third kappa shape index (κ3) is 3.99. The lowest BCUT2D eigenvalue weighted by Crippen LogP contribution is -2.37. The Morgan fingerprint density at radius 3 is 3.04 bits per heavy atom. The minimum Gasteiger partial charge on any atom is -0.385 e. The zero-order valence-corrected chi connectivity index (χ0v) is 14.0. The molecule has 0 radical (unpaired) electrons. The molecule has 5 heteroatoms. The molecule has 1 aliphatic heterocycles. The van der Waals surface area contributed by atoms with Crippen molar-refractivity contribution in [3.8, 4) is 0 Å². The molecule has 1 unspecified atom stereocenters. The molecular weight excluding hydrogens is 288 g/mol. The summed E-state index contributed by atoms with van der Waals surface area (Å²) in [6.07, 6.45) is 2.87. The quantitative estimate of drug-likeness (QED) is 0.796. The molecule has 1 atom stereocenters. The molecule has 0 spiro atoms. The number of nitrogens with zero attached hydrogens (tertiary/aromatic N) is 3.